The highest BCUT2D eigenvalue weighted by Gasteiger charge is 2.40. The van der Waals surface area contributed by atoms with Crippen molar-refractivity contribution in [1.82, 2.24) is 9.88 Å². The van der Waals surface area contributed by atoms with E-state index in [0.717, 1.165) is 52.2 Å². The predicted molar refractivity (Wildman–Crippen MR) is 111 cm³/mol. The molecule has 142 valence electrons. The highest BCUT2D eigenvalue weighted by molar-refractivity contribution is 7.21. The van der Waals surface area contributed by atoms with Crippen LogP contribution in [0.25, 0.3) is 20.8 Å². The minimum atomic E-state index is -0.348. The van der Waals surface area contributed by atoms with Crippen molar-refractivity contribution in [2.24, 2.45) is 5.92 Å². The Hall–Kier alpha value is -2.73. The summed E-state index contributed by atoms with van der Waals surface area (Å²) in [6.07, 6.45) is 3.56. The van der Waals surface area contributed by atoms with Gasteiger partial charge in [0.25, 0.3) is 0 Å². The molecule has 1 atom stereocenters. The van der Waals surface area contributed by atoms with Crippen LogP contribution >= 0.6 is 11.3 Å². The molecule has 1 saturated carbocycles. The van der Waals surface area contributed by atoms with Gasteiger partial charge in [-0.25, -0.2) is 4.98 Å². The molecule has 5 nitrogen and oxygen atoms in total. The summed E-state index contributed by atoms with van der Waals surface area (Å²) in [5, 5.41) is 3.95. The number of nitrogens with one attached hydrogen (secondary N) is 1. The molecular formula is C22H21N3O2S. The lowest BCUT2D eigenvalue weighted by molar-refractivity contribution is -0.137. The molecule has 1 aliphatic heterocycles. The number of carbonyl (C=O) groups excluding carboxylic acids is 2. The molecule has 1 N–H and O–H groups in total. The fraction of sp³-hybridized carbons (Fsp3) is 0.318. The van der Waals surface area contributed by atoms with E-state index in [-0.39, 0.29) is 23.8 Å². The van der Waals surface area contributed by atoms with Crippen LogP contribution in [-0.4, -0.2) is 34.3 Å². The third-order valence-corrected chi connectivity index (χ3v) is 6.52. The Bertz CT molecular complexity index is 1020. The highest BCUT2D eigenvalue weighted by atomic mass is 32.1. The SMILES string of the molecule is O=C(Nc1cccc(-c2nc3ccccc3s2)c1)[C@H]1CCCN1C(=O)C1CC1. The monoisotopic (exact) mass is 391 g/mol. The van der Waals surface area contributed by atoms with Crippen molar-refractivity contribution in [3.05, 3.63) is 48.5 Å². The molecule has 1 aliphatic carbocycles. The van der Waals surface area contributed by atoms with Crippen molar-refractivity contribution in [1.29, 1.82) is 0 Å². The standard InChI is InChI=1S/C22H21N3O2S/c26-20(18-8-4-12-25(18)22(27)14-10-11-14)23-16-6-3-5-15(13-16)21-24-17-7-1-2-9-19(17)28-21/h1-3,5-7,9,13-14,18H,4,8,10-12H2,(H,23,26)/t18-/m1/s1. The van der Waals surface area contributed by atoms with Gasteiger partial charge in [-0.15, -0.1) is 11.3 Å². The van der Waals surface area contributed by atoms with Crippen molar-refractivity contribution in [2.45, 2.75) is 31.7 Å². The number of likely N-dealkylation sites (tertiary alicyclic amines) is 1. The normalized spacial score (nSPS) is 19.1. The summed E-state index contributed by atoms with van der Waals surface area (Å²) >= 11 is 1.64. The van der Waals surface area contributed by atoms with Gasteiger partial charge in [0.1, 0.15) is 11.0 Å². The lowest BCUT2D eigenvalue weighted by Crippen LogP contribution is -2.43. The quantitative estimate of drug-likeness (QED) is 0.721. The number of hydrogen-bond acceptors (Lipinski definition) is 4. The van der Waals surface area contributed by atoms with Gasteiger partial charge in [-0.3, -0.25) is 9.59 Å². The first-order valence-corrected chi connectivity index (χ1v) is 10.6. The molecule has 5 rings (SSSR count). The summed E-state index contributed by atoms with van der Waals surface area (Å²) in [5.41, 5.74) is 2.71. The molecule has 1 aromatic heterocycles. The molecule has 0 radical (unpaired) electrons. The summed E-state index contributed by atoms with van der Waals surface area (Å²) < 4.78 is 1.15. The van der Waals surface area contributed by atoms with E-state index >= 15 is 0 Å². The lowest BCUT2D eigenvalue weighted by Gasteiger charge is -2.24. The number of fused-ring (bicyclic) bond motifs is 1. The average molecular weight is 391 g/mol. The molecule has 6 heteroatoms. The van der Waals surface area contributed by atoms with E-state index in [0.29, 0.717) is 6.54 Å². The van der Waals surface area contributed by atoms with Crippen LogP contribution in [0.3, 0.4) is 0 Å². The number of hydrogen-bond donors (Lipinski definition) is 1. The smallest absolute Gasteiger partial charge is 0.247 e. The van der Waals surface area contributed by atoms with E-state index in [9.17, 15) is 9.59 Å². The van der Waals surface area contributed by atoms with Gasteiger partial charge < -0.3 is 10.2 Å². The van der Waals surface area contributed by atoms with Crippen LogP contribution in [0.2, 0.25) is 0 Å². The first-order valence-electron chi connectivity index (χ1n) is 9.76. The summed E-state index contributed by atoms with van der Waals surface area (Å²) in [4.78, 5) is 31.8. The molecule has 0 bridgehead atoms. The van der Waals surface area contributed by atoms with Crippen LogP contribution in [0.15, 0.2) is 48.5 Å². The largest absolute Gasteiger partial charge is 0.330 e. The van der Waals surface area contributed by atoms with E-state index in [4.69, 9.17) is 4.98 Å². The van der Waals surface area contributed by atoms with Crippen molar-refractivity contribution in [3.8, 4) is 10.6 Å². The number of rotatable bonds is 4. The third kappa shape index (κ3) is 3.29. The Kier molecular flexibility index (Phi) is 4.36. The van der Waals surface area contributed by atoms with E-state index < -0.39 is 0 Å². The van der Waals surface area contributed by atoms with Crippen LogP contribution in [0.4, 0.5) is 5.69 Å². The number of anilines is 1. The number of nitrogens with zero attached hydrogens (tertiary/aromatic N) is 2. The number of amides is 2. The lowest BCUT2D eigenvalue weighted by atomic mass is 10.1. The second-order valence-corrected chi connectivity index (χ2v) is 8.55. The van der Waals surface area contributed by atoms with Crippen LogP contribution in [0.5, 0.6) is 0 Å². The predicted octanol–water partition coefficient (Wildman–Crippen LogP) is 4.30. The summed E-state index contributed by atoms with van der Waals surface area (Å²) in [6.45, 7) is 0.694. The zero-order valence-electron chi connectivity index (χ0n) is 15.4. The van der Waals surface area contributed by atoms with Gasteiger partial charge >= 0.3 is 0 Å². The molecule has 1 saturated heterocycles. The van der Waals surface area contributed by atoms with Gasteiger partial charge in [-0.2, -0.15) is 0 Å². The van der Waals surface area contributed by atoms with E-state index in [2.05, 4.69) is 11.4 Å². The Morgan fingerprint density at radius 3 is 2.75 bits per heavy atom. The second-order valence-electron chi connectivity index (χ2n) is 7.52. The average Bonchev–Trinajstić information content (AvgIpc) is 3.28. The molecule has 0 unspecified atom stereocenters. The molecule has 2 heterocycles. The van der Waals surface area contributed by atoms with Crippen molar-refractivity contribution in [3.63, 3.8) is 0 Å². The summed E-state index contributed by atoms with van der Waals surface area (Å²) in [5.74, 6) is 0.213. The Morgan fingerprint density at radius 1 is 1.07 bits per heavy atom. The third-order valence-electron chi connectivity index (χ3n) is 5.44. The maximum atomic E-state index is 12.8. The van der Waals surface area contributed by atoms with Crippen molar-refractivity contribution < 1.29 is 9.59 Å². The Morgan fingerprint density at radius 2 is 1.93 bits per heavy atom. The van der Waals surface area contributed by atoms with Crippen molar-refractivity contribution >= 4 is 39.1 Å². The molecule has 2 fully saturated rings. The fourth-order valence-corrected chi connectivity index (χ4v) is 4.78. The van der Waals surface area contributed by atoms with Gasteiger partial charge in [0.15, 0.2) is 0 Å². The number of aromatic nitrogens is 1. The first kappa shape index (κ1) is 17.4. The zero-order chi connectivity index (χ0) is 19.1. The highest BCUT2D eigenvalue weighted by Crippen LogP contribution is 2.34. The van der Waals surface area contributed by atoms with Crippen molar-refractivity contribution in [2.75, 3.05) is 11.9 Å². The minimum absolute atomic E-state index is 0.0899. The number of para-hydroxylation sites is 1. The van der Waals surface area contributed by atoms with Crippen LogP contribution < -0.4 is 5.32 Å². The topological polar surface area (TPSA) is 62.3 Å². The molecule has 2 aliphatic rings. The minimum Gasteiger partial charge on any atom is -0.330 e. The molecule has 28 heavy (non-hydrogen) atoms. The zero-order valence-corrected chi connectivity index (χ0v) is 16.2. The fourth-order valence-electron chi connectivity index (χ4n) is 3.82. The molecule has 2 amide bonds. The van der Waals surface area contributed by atoms with Gasteiger partial charge in [0, 0.05) is 23.7 Å². The summed E-state index contributed by atoms with van der Waals surface area (Å²) in [6, 6.07) is 15.5. The van der Waals surface area contributed by atoms with E-state index in [1.165, 1.54) is 0 Å². The molecule has 2 aromatic carbocycles. The number of thiazole rings is 1. The van der Waals surface area contributed by atoms with Crippen LogP contribution in [0.1, 0.15) is 25.7 Å². The first-order chi connectivity index (χ1) is 13.7. The molecule has 0 spiro atoms. The van der Waals surface area contributed by atoms with Gasteiger partial charge in [-0.05, 0) is 49.9 Å². The van der Waals surface area contributed by atoms with Gasteiger partial charge in [0.2, 0.25) is 11.8 Å². The Labute approximate surface area is 167 Å². The van der Waals surface area contributed by atoms with Crippen LogP contribution in [-0.2, 0) is 9.59 Å². The second kappa shape index (κ2) is 7.02. The van der Waals surface area contributed by atoms with E-state index in [1.54, 1.807) is 16.2 Å². The summed E-state index contributed by atoms with van der Waals surface area (Å²) in [7, 11) is 0. The Balaban J connectivity index is 1.34. The van der Waals surface area contributed by atoms with Crippen LogP contribution in [0, 0.1) is 5.92 Å². The molecule has 3 aromatic rings. The van der Waals surface area contributed by atoms with Gasteiger partial charge in [0.05, 0.1) is 10.2 Å². The van der Waals surface area contributed by atoms with Gasteiger partial charge in [-0.1, -0.05) is 24.3 Å². The maximum Gasteiger partial charge on any atom is 0.247 e. The molecular weight excluding hydrogens is 370 g/mol. The number of benzene rings is 2. The van der Waals surface area contributed by atoms with E-state index in [1.807, 2.05) is 42.5 Å². The maximum absolute atomic E-state index is 12.8. The number of carbonyl (C=O) groups is 2.